The summed E-state index contributed by atoms with van der Waals surface area (Å²) in [6.45, 7) is 12.0. The molecule has 49 heavy (non-hydrogen) atoms. The number of anilines is 1. The SMILES string of the molecule is Cc1ccc(F)c(C(C)[C@@H](C(=O)NNC(=O)OC(C)(C)C)N2CN(C3CC3)c3cc(Cl)cc(C(C)OCc4ccccc4)c3S2(=O)=O)c1C. The second-order valence-corrected chi connectivity index (χ2v) is 16.0. The number of hydrogen-bond acceptors (Lipinski definition) is 7. The molecule has 13 heteroatoms. The van der Waals surface area contributed by atoms with Gasteiger partial charge < -0.3 is 14.4 Å². The number of carbonyl (C=O) groups excluding carboxylic acids is 2. The summed E-state index contributed by atoms with van der Waals surface area (Å²) >= 11 is 6.62. The van der Waals surface area contributed by atoms with E-state index in [1.807, 2.05) is 42.2 Å². The number of sulfonamides is 1. The maximum Gasteiger partial charge on any atom is 0.426 e. The zero-order valence-corrected chi connectivity index (χ0v) is 30.4. The van der Waals surface area contributed by atoms with Gasteiger partial charge >= 0.3 is 6.09 Å². The molecule has 3 aromatic carbocycles. The maximum atomic E-state index is 15.6. The van der Waals surface area contributed by atoms with E-state index in [1.54, 1.807) is 59.7 Å². The van der Waals surface area contributed by atoms with Crippen LogP contribution < -0.4 is 15.8 Å². The molecule has 2 N–H and O–H groups in total. The second kappa shape index (κ2) is 14.3. The van der Waals surface area contributed by atoms with Crippen LogP contribution in [0.5, 0.6) is 0 Å². The van der Waals surface area contributed by atoms with Gasteiger partial charge in [0.25, 0.3) is 5.91 Å². The first kappa shape index (κ1) is 36.6. The fraction of sp³-hybridized carbons (Fsp3) is 0.444. The van der Waals surface area contributed by atoms with Crippen LogP contribution in [0, 0.1) is 19.7 Å². The lowest BCUT2D eigenvalue weighted by Crippen LogP contribution is -2.60. The van der Waals surface area contributed by atoms with Crippen molar-refractivity contribution >= 4 is 39.3 Å². The van der Waals surface area contributed by atoms with E-state index in [2.05, 4.69) is 10.9 Å². The van der Waals surface area contributed by atoms with Crippen LogP contribution in [0.4, 0.5) is 14.9 Å². The fourth-order valence-electron chi connectivity index (χ4n) is 6.26. The predicted octanol–water partition coefficient (Wildman–Crippen LogP) is 7.03. The molecule has 2 unspecified atom stereocenters. The average Bonchev–Trinajstić information content (AvgIpc) is 3.87. The molecule has 1 aliphatic heterocycles. The van der Waals surface area contributed by atoms with E-state index in [-0.39, 0.29) is 29.8 Å². The first-order chi connectivity index (χ1) is 23.0. The quantitative estimate of drug-likeness (QED) is 0.229. The molecule has 1 aliphatic carbocycles. The molecule has 0 saturated heterocycles. The Morgan fingerprint density at radius 1 is 1.04 bits per heavy atom. The molecule has 1 saturated carbocycles. The summed E-state index contributed by atoms with van der Waals surface area (Å²) in [6, 6.07) is 14.2. The standard InChI is InChI=1S/C36H44ClFN4O6S/c1-21-13-16-29(38)31(22(21)2)23(3)32(34(43)39-40-35(44)48-36(5,6)7)42-20-41(27-14-15-27)30-18-26(37)17-28(33(30)49(42,45)46)24(4)47-19-25-11-9-8-10-12-25/h8-13,16-18,23-24,27,32H,14-15,19-20H2,1-7H3,(H,39,43)(H,40,44)/t23?,24?,32-/m0/s1. The molecule has 1 heterocycles. The Kier molecular flexibility index (Phi) is 10.6. The van der Waals surface area contributed by atoms with Crippen LogP contribution >= 0.6 is 11.6 Å². The first-order valence-corrected chi connectivity index (χ1v) is 18.1. The Bertz CT molecular complexity index is 1830. The predicted molar refractivity (Wildman–Crippen MR) is 186 cm³/mol. The van der Waals surface area contributed by atoms with Gasteiger partial charge in [-0.3, -0.25) is 10.2 Å². The van der Waals surface area contributed by atoms with E-state index in [4.69, 9.17) is 21.1 Å². The smallest absolute Gasteiger partial charge is 0.426 e. The van der Waals surface area contributed by atoms with Gasteiger partial charge in [-0.05, 0) is 94.8 Å². The molecular formula is C36H44ClFN4O6S. The van der Waals surface area contributed by atoms with Crippen LogP contribution in [0.3, 0.4) is 0 Å². The van der Waals surface area contributed by atoms with E-state index < -0.39 is 51.5 Å². The molecule has 0 spiro atoms. The topological polar surface area (TPSA) is 117 Å². The van der Waals surface area contributed by atoms with Crippen LogP contribution in [-0.4, -0.2) is 49.1 Å². The number of carbonyl (C=O) groups is 2. The highest BCUT2D eigenvalue weighted by Gasteiger charge is 2.49. The van der Waals surface area contributed by atoms with Crippen molar-refractivity contribution in [3.63, 3.8) is 0 Å². The number of halogens is 2. The molecule has 0 bridgehead atoms. The second-order valence-electron chi connectivity index (χ2n) is 13.8. The van der Waals surface area contributed by atoms with Gasteiger partial charge in [-0.2, -0.15) is 4.31 Å². The fourth-order valence-corrected chi connectivity index (χ4v) is 8.53. The highest BCUT2D eigenvalue weighted by atomic mass is 35.5. The van der Waals surface area contributed by atoms with Gasteiger partial charge in [0.2, 0.25) is 10.0 Å². The Hall–Kier alpha value is -3.71. The molecule has 3 aromatic rings. The van der Waals surface area contributed by atoms with Gasteiger partial charge in [-0.25, -0.2) is 23.0 Å². The number of nitrogens with one attached hydrogen (secondary N) is 2. The monoisotopic (exact) mass is 714 g/mol. The van der Waals surface area contributed by atoms with Gasteiger partial charge in [-0.15, -0.1) is 0 Å². The van der Waals surface area contributed by atoms with Crippen molar-refractivity contribution in [1.82, 2.24) is 15.2 Å². The first-order valence-electron chi connectivity index (χ1n) is 16.3. The minimum atomic E-state index is -4.47. The van der Waals surface area contributed by atoms with E-state index >= 15 is 4.39 Å². The summed E-state index contributed by atoms with van der Waals surface area (Å²) in [6.07, 6.45) is -0.0163. The number of fused-ring (bicyclic) bond motifs is 1. The molecular weight excluding hydrogens is 671 g/mol. The normalized spacial score (nSPS) is 17.9. The Balaban J connectivity index is 1.61. The summed E-state index contributed by atoms with van der Waals surface area (Å²) in [5.41, 5.74) is 6.99. The Labute approximate surface area is 292 Å². The number of nitrogens with zero attached hydrogens (tertiary/aromatic N) is 2. The molecule has 2 aliphatic rings. The van der Waals surface area contributed by atoms with Crippen LogP contribution in [0.1, 0.15) is 87.3 Å². The zero-order chi connectivity index (χ0) is 35.8. The van der Waals surface area contributed by atoms with Crippen molar-refractivity contribution in [1.29, 1.82) is 0 Å². The van der Waals surface area contributed by atoms with E-state index in [0.717, 1.165) is 28.3 Å². The lowest BCUT2D eigenvalue weighted by molar-refractivity contribution is -0.126. The minimum Gasteiger partial charge on any atom is -0.443 e. The number of hydrogen-bond donors (Lipinski definition) is 2. The van der Waals surface area contributed by atoms with Crippen LogP contribution in [0.15, 0.2) is 59.5 Å². The average molecular weight is 715 g/mol. The van der Waals surface area contributed by atoms with Crippen molar-refractivity contribution in [3.05, 3.63) is 93.3 Å². The minimum absolute atomic E-state index is 0.0000393. The Morgan fingerprint density at radius 2 is 1.71 bits per heavy atom. The molecule has 3 atom stereocenters. The Morgan fingerprint density at radius 3 is 2.35 bits per heavy atom. The molecule has 0 aromatic heterocycles. The largest absolute Gasteiger partial charge is 0.443 e. The van der Waals surface area contributed by atoms with Crippen LogP contribution in [-0.2, 0) is 30.9 Å². The number of aryl methyl sites for hydroxylation is 1. The molecule has 0 radical (unpaired) electrons. The zero-order valence-electron chi connectivity index (χ0n) is 28.8. The number of ether oxygens (including phenoxy) is 2. The van der Waals surface area contributed by atoms with E-state index in [1.165, 1.54) is 6.07 Å². The third-order valence-electron chi connectivity index (χ3n) is 8.93. The molecule has 2 amide bonds. The molecule has 264 valence electrons. The number of benzene rings is 3. The van der Waals surface area contributed by atoms with E-state index in [0.29, 0.717) is 21.8 Å². The van der Waals surface area contributed by atoms with Crippen molar-refractivity contribution < 1.29 is 31.9 Å². The van der Waals surface area contributed by atoms with Gasteiger partial charge in [0.05, 0.1) is 25.1 Å². The van der Waals surface area contributed by atoms with E-state index in [9.17, 15) is 18.0 Å². The van der Waals surface area contributed by atoms with Crippen LogP contribution in [0.25, 0.3) is 0 Å². The molecule has 1 fully saturated rings. The molecule has 10 nitrogen and oxygen atoms in total. The highest BCUT2D eigenvalue weighted by Crippen LogP contribution is 2.47. The maximum absolute atomic E-state index is 15.6. The van der Waals surface area contributed by atoms with Crippen molar-refractivity contribution in [2.75, 3.05) is 11.6 Å². The summed E-state index contributed by atoms with van der Waals surface area (Å²) in [7, 11) is -4.47. The molecule has 5 rings (SSSR count). The number of rotatable bonds is 9. The lowest BCUT2D eigenvalue weighted by Gasteiger charge is -2.43. The number of hydrazine groups is 1. The third-order valence-corrected chi connectivity index (χ3v) is 11.1. The highest BCUT2D eigenvalue weighted by molar-refractivity contribution is 7.89. The number of amides is 2. The summed E-state index contributed by atoms with van der Waals surface area (Å²) < 4.78 is 58.1. The van der Waals surface area contributed by atoms with Crippen LogP contribution in [0.2, 0.25) is 5.02 Å². The van der Waals surface area contributed by atoms with Crippen molar-refractivity contribution in [2.45, 2.75) is 103 Å². The van der Waals surface area contributed by atoms with Crippen molar-refractivity contribution in [3.8, 4) is 0 Å². The van der Waals surface area contributed by atoms with Gasteiger partial charge in [-0.1, -0.05) is 54.9 Å². The van der Waals surface area contributed by atoms with Crippen molar-refractivity contribution in [2.24, 2.45) is 0 Å². The van der Waals surface area contributed by atoms with Gasteiger partial charge in [0.15, 0.2) is 0 Å². The van der Waals surface area contributed by atoms with Gasteiger partial charge in [0, 0.05) is 22.5 Å². The lowest BCUT2D eigenvalue weighted by atomic mass is 9.87. The summed E-state index contributed by atoms with van der Waals surface area (Å²) in [5, 5.41) is 0.347. The third kappa shape index (κ3) is 8.03. The summed E-state index contributed by atoms with van der Waals surface area (Å²) in [4.78, 5) is 28.6. The summed E-state index contributed by atoms with van der Waals surface area (Å²) in [5.74, 6) is -2.41. The van der Waals surface area contributed by atoms with Gasteiger partial charge in [0.1, 0.15) is 22.4 Å².